The number of aromatic nitrogens is 4. The molecule has 0 fully saturated rings. The Morgan fingerprint density at radius 2 is 2.00 bits per heavy atom. The summed E-state index contributed by atoms with van der Waals surface area (Å²) >= 11 is 1.12. The van der Waals surface area contributed by atoms with Gasteiger partial charge in [0.1, 0.15) is 5.82 Å². The number of nitrogens with one attached hydrogen (secondary N) is 2. The average molecular weight is 409 g/mol. The first-order valence-electron chi connectivity index (χ1n) is 8.73. The van der Waals surface area contributed by atoms with Gasteiger partial charge in [0, 0.05) is 11.8 Å². The zero-order valence-electron chi connectivity index (χ0n) is 15.3. The van der Waals surface area contributed by atoms with Gasteiger partial charge in [-0.1, -0.05) is 36.0 Å². The zero-order chi connectivity index (χ0) is 20.4. The lowest BCUT2D eigenvalue weighted by molar-refractivity contribution is -0.113. The third-order valence-corrected chi connectivity index (χ3v) is 5.01. The highest BCUT2D eigenvalue weighted by atomic mass is 32.2. The minimum Gasteiger partial charge on any atom is -0.325 e. The van der Waals surface area contributed by atoms with Crippen molar-refractivity contribution < 1.29 is 9.18 Å². The molecule has 146 valence electrons. The predicted molar refractivity (Wildman–Crippen MR) is 110 cm³/mol. The molecule has 0 saturated carbocycles. The lowest BCUT2D eigenvalue weighted by Crippen LogP contribution is -2.15. The fraction of sp³-hybridized carbons (Fsp3) is 0.100. The summed E-state index contributed by atoms with van der Waals surface area (Å²) in [6.45, 7) is 1.94. The van der Waals surface area contributed by atoms with Gasteiger partial charge < -0.3 is 5.32 Å². The monoisotopic (exact) mass is 409 g/mol. The second kappa shape index (κ2) is 7.88. The van der Waals surface area contributed by atoms with Crippen molar-refractivity contribution in [1.29, 1.82) is 0 Å². The molecule has 0 spiro atoms. The van der Waals surface area contributed by atoms with Gasteiger partial charge in [-0.25, -0.2) is 18.9 Å². The molecule has 0 aliphatic heterocycles. The van der Waals surface area contributed by atoms with Gasteiger partial charge in [0.15, 0.2) is 16.6 Å². The number of rotatable bonds is 5. The number of aromatic amines is 1. The molecule has 7 nitrogen and oxygen atoms in total. The van der Waals surface area contributed by atoms with Gasteiger partial charge >= 0.3 is 0 Å². The molecular formula is C20H16FN5O2S. The number of carbonyl (C=O) groups excluding carboxylic acids is 1. The first-order chi connectivity index (χ1) is 14.0. The summed E-state index contributed by atoms with van der Waals surface area (Å²) < 4.78 is 15.6. The van der Waals surface area contributed by atoms with Gasteiger partial charge in [-0.05, 0) is 36.8 Å². The van der Waals surface area contributed by atoms with E-state index in [-0.39, 0.29) is 28.6 Å². The molecule has 9 heteroatoms. The highest BCUT2D eigenvalue weighted by Gasteiger charge is 2.15. The predicted octanol–water partition coefficient (Wildman–Crippen LogP) is 3.26. The molecule has 2 aromatic heterocycles. The van der Waals surface area contributed by atoms with E-state index in [1.54, 1.807) is 24.3 Å². The van der Waals surface area contributed by atoms with Gasteiger partial charge in [-0.2, -0.15) is 0 Å². The summed E-state index contributed by atoms with van der Waals surface area (Å²) in [7, 11) is 0. The SMILES string of the molecule is Cc1cccc(NC(=O)CSc2nc(-c3ccccc3F)nc3cc(=O)[nH]n23)c1. The van der Waals surface area contributed by atoms with E-state index in [2.05, 4.69) is 20.4 Å². The summed E-state index contributed by atoms with van der Waals surface area (Å²) in [5.74, 6) is -0.502. The molecule has 0 saturated heterocycles. The van der Waals surface area contributed by atoms with Crippen LogP contribution in [0.25, 0.3) is 17.0 Å². The van der Waals surface area contributed by atoms with Crippen LogP contribution in [0.2, 0.25) is 0 Å². The maximum Gasteiger partial charge on any atom is 0.266 e. The van der Waals surface area contributed by atoms with Crippen LogP contribution >= 0.6 is 11.8 Å². The second-order valence-corrected chi connectivity index (χ2v) is 7.27. The van der Waals surface area contributed by atoms with Crippen molar-refractivity contribution >= 4 is 29.0 Å². The van der Waals surface area contributed by atoms with Crippen molar-refractivity contribution in [3.63, 3.8) is 0 Å². The van der Waals surface area contributed by atoms with Crippen LogP contribution in [0.4, 0.5) is 10.1 Å². The fourth-order valence-electron chi connectivity index (χ4n) is 2.79. The van der Waals surface area contributed by atoms with Crippen LogP contribution in [-0.2, 0) is 4.79 Å². The fourth-order valence-corrected chi connectivity index (χ4v) is 3.55. The molecule has 0 radical (unpaired) electrons. The second-order valence-electron chi connectivity index (χ2n) is 6.33. The lowest BCUT2D eigenvalue weighted by atomic mass is 10.2. The zero-order valence-corrected chi connectivity index (χ0v) is 16.2. The number of halogens is 1. The normalized spacial score (nSPS) is 11.0. The number of fused-ring (bicyclic) bond motifs is 1. The van der Waals surface area contributed by atoms with Gasteiger partial charge in [0.25, 0.3) is 5.56 Å². The summed E-state index contributed by atoms with van der Waals surface area (Å²) in [4.78, 5) is 32.7. The number of benzene rings is 2. The number of anilines is 1. The Balaban J connectivity index is 1.61. The topological polar surface area (TPSA) is 92.2 Å². The maximum atomic E-state index is 14.2. The van der Waals surface area contributed by atoms with Crippen molar-refractivity contribution in [2.24, 2.45) is 0 Å². The minimum atomic E-state index is -0.470. The van der Waals surface area contributed by atoms with Crippen molar-refractivity contribution in [1.82, 2.24) is 19.6 Å². The lowest BCUT2D eigenvalue weighted by Gasteiger charge is -2.09. The van der Waals surface area contributed by atoms with E-state index < -0.39 is 5.82 Å². The Labute approximate surface area is 169 Å². The highest BCUT2D eigenvalue weighted by Crippen LogP contribution is 2.23. The largest absolute Gasteiger partial charge is 0.325 e. The Bertz CT molecular complexity index is 1270. The maximum absolute atomic E-state index is 14.2. The number of hydrogen-bond acceptors (Lipinski definition) is 5. The standard InChI is InChI=1S/C20H16FN5O2S/c1-12-5-4-6-13(9-12)22-18(28)11-29-20-24-19(14-7-2-3-8-15(14)21)23-16-10-17(27)25-26(16)20/h2-10H,11H2,1H3,(H,22,28)(H,25,27). The van der Waals surface area contributed by atoms with E-state index in [1.807, 2.05) is 25.1 Å². The first-order valence-corrected chi connectivity index (χ1v) is 9.72. The number of carbonyl (C=O) groups is 1. The van der Waals surface area contributed by atoms with Gasteiger partial charge in [-0.3, -0.25) is 14.7 Å². The van der Waals surface area contributed by atoms with Gasteiger partial charge in [0.05, 0.1) is 11.3 Å². The molecule has 4 rings (SSSR count). The number of nitrogens with zero attached hydrogens (tertiary/aromatic N) is 3. The van der Waals surface area contributed by atoms with Crippen LogP contribution < -0.4 is 10.9 Å². The third kappa shape index (κ3) is 4.19. The van der Waals surface area contributed by atoms with Crippen LogP contribution in [0, 0.1) is 12.7 Å². The molecule has 1 amide bonds. The molecule has 4 aromatic rings. The van der Waals surface area contributed by atoms with Crippen LogP contribution in [-0.4, -0.2) is 31.2 Å². The molecule has 0 unspecified atom stereocenters. The molecule has 2 N–H and O–H groups in total. The summed E-state index contributed by atoms with van der Waals surface area (Å²) in [5.41, 5.74) is 1.88. The van der Waals surface area contributed by atoms with Gasteiger partial charge in [-0.15, -0.1) is 0 Å². The smallest absolute Gasteiger partial charge is 0.266 e. The quantitative estimate of drug-likeness (QED) is 0.494. The Kier molecular flexibility index (Phi) is 5.13. The Hall–Kier alpha value is -3.46. The molecule has 0 bridgehead atoms. The average Bonchev–Trinajstić information content (AvgIpc) is 3.06. The number of aryl methyl sites for hydroxylation is 1. The molecule has 0 aliphatic rings. The first kappa shape index (κ1) is 18.9. The van der Waals surface area contributed by atoms with E-state index >= 15 is 0 Å². The van der Waals surface area contributed by atoms with Crippen LogP contribution in [0.15, 0.2) is 64.5 Å². The summed E-state index contributed by atoms with van der Waals surface area (Å²) in [6.07, 6.45) is 0. The van der Waals surface area contributed by atoms with E-state index in [4.69, 9.17) is 0 Å². The number of H-pyrrole nitrogens is 1. The summed E-state index contributed by atoms with van der Waals surface area (Å²) in [6, 6.07) is 14.9. The van der Waals surface area contributed by atoms with E-state index in [0.29, 0.717) is 16.5 Å². The highest BCUT2D eigenvalue weighted by molar-refractivity contribution is 7.99. The van der Waals surface area contributed by atoms with E-state index in [9.17, 15) is 14.0 Å². The van der Waals surface area contributed by atoms with Crippen LogP contribution in [0.1, 0.15) is 5.56 Å². The Morgan fingerprint density at radius 1 is 1.17 bits per heavy atom. The molecular weight excluding hydrogens is 393 g/mol. The molecule has 0 atom stereocenters. The molecule has 0 aliphatic carbocycles. The van der Waals surface area contributed by atoms with Crippen molar-refractivity contribution in [2.75, 3.05) is 11.1 Å². The van der Waals surface area contributed by atoms with Crippen molar-refractivity contribution in [2.45, 2.75) is 12.1 Å². The van der Waals surface area contributed by atoms with Crippen LogP contribution in [0.5, 0.6) is 0 Å². The number of hydrogen-bond donors (Lipinski definition) is 2. The molecule has 2 aromatic carbocycles. The Morgan fingerprint density at radius 3 is 2.79 bits per heavy atom. The number of amides is 1. The third-order valence-electron chi connectivity index (χ3n) is 4.07. The molecule has 2 heterocycles. The summed E-state index contributed by atoms with van der Waals surface area (Å²) in [5, 5.41) is 5.74. The van der Waals surface area contributed by atoms with Crippen LogP contribution in [0.3, 0.4) is 0 Å². The molecule has 29 heavy (non-hydrogen) atoms. The van der Waals surface area contributed by atoms with Crippen molar-refractivity contribution in [3.8, 4) is 11.4 Å². The number of thioether (sulfide) groups is 1. The van der Waals surface area contributed by atoms with Crippen molar-refractivity contribution in [3.05, 3.63) is 76.3 Å². The van der Waals surface area contributed by atoms with E-state index in [1.165, 1.54) is 16.6 Å². The van der Waals surface area contributed by atoms with Gasteiger partial charge in [0.2, 0.25) is 5.91 Å². The minimum absolute atomic E-state index is 0.0526. The van der Waals surface area contributed by atoms with E-state index in [0.717, 1.165) is 17.3 Å².